The molecule has 0 radical (unpaired) electrons. The summed E-state index contributed by atoms with van der Waals surface area (Å²) < 4.78 is 5.92. The molecule has 21 heavy (non-hydrogen) atoms. The van der Waals surface area contributed by atoms with E-state index < -0.39 is 0 Å². The summed E-state index contributed by atoms with van der Waals surface area (Å²) in [4.78, 5) is 2.39. The molecular weight excluding hydrogens is 260 g/mol. The molecule has 1 heterocycles. The van der Waals surface area contributed by atoms with Crippen molar-refractivity contribution >= 4 is 5.69 Å². The van der Waals surface area contributed by atoms with Crippen LogP contribution in [0.4, 0.5) is 5.69 Å². The van der Waals surface area contributed by atoms with Crippen LogP contribution in [0.2, 0.25) is 0 Å². The fraction of sp³-hybridized carbons (Fsp3) is 0.667. The van der Waals surface area contributed by atoms with Crippen LogP contribution in [0.25, 0.3) is 0 Å². The molecule has 0 amide bonds. The van der Waals surface area contributed by atoms with Gasteiger partial charge in [0.15, 0.2) is 0 Å². The Morgan fingerprint density at radius 2 is 2.00 bits per heavy atom. The van der Waals surface area contributed by atoms with Crippen molar-refractivity contribution in [1.29, 1.82) is 0 Å². The van der Waals surface area contributed by atoms with Gasteiger partial charge in [-0.1, -0.05) is 32.4 Å². The molecule has 2 rings (SSSR count). The molecule has 0 saturated carbocycles. The van der Waals surface area contributed by atoms with Crippen molar-refractivity contribution in [2.24, 2.45) is 5.73 Å². The predicted molar refractivity (Wildman–Crippen MR) is 89.9 cm³/mol. The lowest BCUT2D eigenvalue weighted by Crippen LogP contribution is -2.57. The molecule has 3 heteroatoms. The molecule has 1 aliphatic heterocycles. The van der Waals surface area contributed by atoms with Gasteiger partial charge in [0.1, 0.15) is 0 Å². The van der Waals surface area contributed by atoms with Gasteiger partial charge in [-0.15, -0.1) is 0 Å². The quantitative estimate of drug-likeness (QED) is 0.873. The van der Waals surface area contributed by atoms with Crippen LogP contribution in [0.5, 0.6) is 0 Å². The highest BCUT2D eigenvalue weighted by Crippen LogP contribution is 2.34. The van der Waals surface area contributed by atoms with Crippen molar-refractivity contribution in [3.05, 3.63) is 29.8 Å². The highest BCUT2D eigenvalue weighted by Gasteiger charge is 2.39. The van der Waals surface area contributed by atoms with E-state index in [0.29, 0.717) is 12.6 Å². The topological polar surface area (TPSA) is 38.5 Å². The van der Waals surface area contributed by atoms with E-state index in [1.807, 2.05) is 0 Å². The molecule has 2 N–H and O–H groups in total. The van der Waals surface area contributed by atoms with Crippen molar-refractivity contribution < 1.29 is 4.74 Å². The summed E-state index contributed by atoms with van der Waals surface area (Å²) in [5.74, 6) is 0. The van der Waals surface area contributed by atoms with Crippen molar-refractivity contribution in [3.8, 4) is 0 Å². The van der Waals surface area contributed by atoms with Gasteiger partial charge in [-0.05, 0) is 43.4 Å². The highest BCUT2D eigenvalue weighted by molar-refractivity contribution is 5.50. The molecule has 118 valence electrons. The molecule has 1 aromatic rings. The fourth-order valence-corrected chi connectivity index (χ4v) is 3.36. The number of benzene rings is 1. The minimum absolute atomic E-state index is 0.0335. The van der Waals surface area contributed by atoms with Crippen LogP contribution in [0.15, 0.2) is 24.3 Å². The molecule has 0 bridgehead atoms. The molecule has 1 aliphatic rings. The number of nitrogens with zero attached hydrogens (tertiary/aromatic N) is 1. The first-order chi connectivity index (χ1) is 10.1. The van der Waals surface area contributed by atoms with Crippen molar-refractivity contribution in [1.82, 2.24) is 0 Å². The number of aryl methyl sites for hydroxylation is 1. The Morgan fingerprint density at radius 1 is 1.29 bits per heavy atom. The van der Waals surface area contributed by atoms with Gasteiger partial charge in [-0.3, -0.25) is 0 Å². The van der Waals surface area contributed by atoms with Crippen molar-refractivity contribution in [3.63, 3.8) is 0 Å². The van der Waals surface area contributed by atoms with Crippen molar-refractivity contribution in [2.45, 2.75) is 57.6 Å². The van der Waals surface area contributed by atoms with Crippen LogP contribution in [0.3, 0.4) is 0 Å². The molecule has 2 unspecified atom stereocenters. The maximum atomic E-state index is 6.19. The second kappa shape index (κ2) is 7.28. The summed E-state index contributed by atoms with van der Waals surface area (Å²) >= 11 is 0. The normalized spacial score (nSPS) is 25.8. The lowest BCUT2D eigenvalue weighted by Gasteiger charge is -2.47. The number of hydrogen-bond donors (Lipinski definition) is 1. The van der Waals surface area contributed by atoms with Gasteiger partial charge in [0.2, 0.25) is 0 Å². The van der Waals surface area contributed by atoms with E-state index in [1.165, 1.54) is 17.7 Å². The number of anilines is 1. The molecule has 2 atom stereocenters. The Balaban J connectivity index is 2.17. The third-order valence-electron chi connectivity index (χ3n) is 4.96. The SMILES string of the molecule is CCCC1CC(CN)(N(C)c2ccc(CC)cc2)CCO1. The summed E-state index contributed by atoms with van der Waals surface area (Å²) in [5, 5.41) is 0. The first-order valence-electron chi connectivity index (χ1n) is 8.29. The monoisotopic (exact) mass is 290 g/mol. The second-order valence-electron chi connectivity index (χ2n) is 6.24. The molecular formula is C18H30N2O. The van der Waals surface area contributed by atoms with Gasteiger partial charge >= 0.3 is 0 Å². The molecule has 1 aromatic carbocycles. The smallest absolute Gasteiger partial charge is 0.0597 e. The average Bonchev–Trinajstić information content (AvgIpc) is 2.54. The van der Waals surface area contributed by atoms with E-state index in [4.69, 9.17) is 10.5 Å². The maximum Gasteiger partial charge on any atom is 0.0597 e. The zero-order valence-electron chi connectivity index (χ0n) is 13.8. The highest BCUT2D eigenvalue weighted by atomic mass is 16.5. The summed E-state index contributed by atoms with van der Waals surface area (Å²) in [6, 6.07) is 8.89. The fourth-order valence-electron chi connectivity index (χ4n) is 3.36. The van der Waals surface area contributed by atoms with E-state index in [1.54, 1.807) is 0 Å². The first-order valence-corrected chi connectivity index (χ1v) is 8.29. The summed E-state index contributed by atoms with van der Waals surface area (Å²) in [7, 11) is 2.18. The standard InChI is InChI=1S/C18H30N2O/c1-4-6-17-13-18(14-19,11-12-21-17)20(3)16-9-7-15(5-2)8-10-16/h7-10,17H,4-6,11-14,19H2,1-3H3. The van der Waals surface area contributed by atoms with Gasteiger partial charge in [0, 0.05) is 25.9 Å². The Labute approximate surface area is 129 Å². The number of likely N-dealkylation sites (N-methyl/N-ethyl adjacent to an activating group) is 1. The minimum atomic E-state index is 0.0335. The van der Waals surface area contributed by atoms with Gasteiger partial charge in [-0.25, -0.2) is 0 Å². The number of rotatable bonds is 6. The van der Waals surface area contributed by atoms with E-state index in [2.05, 4.69) is 50.1 Å². The lowest BCUT2D eigenvalue weighted by atomic mass is 9.83. The number of hydrogen-bond acceptors (Lipinski definition) is 3. The third kappa shape index (κ3) is 3.58. The number of nitrogens with two attached hydrogens (primary N) is 1. The van der Waals surface area contributed by atoms with Gasteiger partial charge in [0.05, 0.1) is 11.6 Å². The first kappa shape index (κ1) is 16.3. The molecule has 0 aromatic heterocycles. The van der Waals surface area contributed by atoms with E-state index in [9.17, 15) is 0 Å². The minimum Gasteiger partial charge on any atom is -0.378 e. The van der Waals surface area contributed by atoms with Gasteiger partial charge in [0.25, 0.3) is 0 Å². The lowest BCUT2D eigenvalue weighted by molar-refractivity contribution is -0.0216. The average molecular weight is 290 g/mol. The van der Waals surface area contributed by atoms with Gasteiger partial charge < -0.3 is 15.4 Å². The Morgan fingerprint density at radius 3 is 2.57 bits per heavy atom. The van der Waals surface area contributed by atoms with Crippen LogP contribution in [0, 0.1) is 0 Å². The molecule has 1 saturated heterocycles. The molecule has 3 nitrogen and oxygen atoms in total. The number of ether oxygens (including phenoxy) is 1. The zero-order valence-corrected chi connectivity index (χ0v) is 13.8. The molecule has 0 aliphatic carbocycles. The summed E-state index contributed by atoms with van der Waals surface area (Å²) in [5.41, 5.74) is 8.87. The van der Waals surface area contributed by atoms with Crippen LogP contribution >= 0.6 is 0 Å². The predicted octanol–water partition coefficient (Wildman–Crippen LogP) is 3.36. The Bertz CT molecular complexity index is 429. The van der Waals surface area contributed by atoms with Crippen LogP contribution < -0.4 is 10.6 Å². The largest absolute Gasteiger partial charge is 0.378 e. The van der Waals surface area contributed by atoms with Gasteiger partial charge in [-0.2, -0.15) is 0 Å². The van der Waals surface area contributed by atoms with E-state index in [-0.39, 0.29) is 5.54 Å². The Kier molecular flexibility index (Phi) is 5.65. The second-order valence-corrected chi connectivity index (χ2v) is 6.24. The van der Waals surface area contributed by atoms with E-state index in [0.717, 1.165) is 32.3 Å². The van der Waals surface area contributed by atoms with Crippen LogP contribution in [-0.2, 0) is 11.2 Å². The maximum absolute atomic E-state index is 6.19. The zero-order chi connectivity index (χ0) is 15.3. The summed E-state index contributed by atoms with van der Waals surface area (Å²) in [6.45, 7) is 5.91. The van der Waals surface area contributed by atoms with Crippen LogP contribution in [-0.4, -0.2) is 31.8 Å². The van der Waals surface area contributed by atoms with Crippen molar-refractivity contribution in [2.75, 3.05) is 25.1 Å². The van der Waals surface area contributed by atoms with E-state index >= 15 is 0 Å². The summed E-state index contributed by atoms with van der Waals surface area (Å²) in [6.07, 6.45) is 5.77. The molecule has 1 fully saturated rings. The molecule has 0 spiro atoms. The third-order valence-corrected chi connectivity index (χ3v) is 4.96. The van der Waals surface area contributed by atoms with Crippen LogP contribution in [0.1, 0.15) is 45.1 Å². The Hall–Kier alpha value is -1.06.